The highest BCUT2D eigenvalue weighted by Gasteiger charge is 2.28. The van der Waals surface area contributed by atoms with E-state index in [1.54, 1.807) is 4.90 Å². The zero-order valence-electron chi connectivity index (χ0n) is 10.3. The number of nitrogens with zero attached hydrogens (tertiary/aromatic N) is 2. The predicted octanol–water partition coefficient (Wildman–Crippen LogP) is -0.824. The van der Waals surface area contributed by atoms with Crippen molar-refractivity contribution >= 4 is 17.8 Å². The van der Waals surface area contributed by atoms with Gasteiger partial charge in [-0.15, -0.1) is 0 Å². The molecule has 2 fully saturated rings. The van der Waals surface area contributed by atoms with E-state index < -0.39 is 6.03 Å². The molecular weight excluding hydrogens is 238 g/mol. The summed E-state index contributed by atoms with van der Waals surface area (Å²) in [4.78, 5) is 37.5. The van der Waals surface area contributed by atoms with Gasteiger partial charge >= 0.3 is 6.03 Å². The number of carbonyl (C=O) groups excluding carboxylic acids is 3. The van der Waals surface area contributed by atoms with Gasteiger partial charge in [-0.25, -0.2) is 4.79 Å². The molecule has 2 aliphatic rings. The van der Waals surface area contributed by atoms with Gasteiger partial charge in [0, 0.05) is 26.1 Å². The number of hydrogen-bond donors (Lipinski definition) is 1. The monoisotopic (exact) mass is 255 g/mol. The Labute approximate surface area is 105 Å². The first-order valence-corrected chi connectivity index (χ1v) is 6.04. The smallest absolute Gasteiger partial charge is 0.324 e. The van der Waals surface area contributed by atoms with Crippen LogP contribution in [0.5, 0.6) is 0 Å². The number of urea groups is 1. The number of imide groups is 1. The molecule has 0 radical (unpaired) electrons. The van der Waals surface area contributed by atoms with Gasteiger partial charge in [0.1, 0.15) is 6.54 Å². The van der Waals surface area contributed by atoms with Gasteiger partial charge in [0.2, 0.25) is 11.8 Å². The Balaban J connectivity index is 1.87. The molecule has 0 aromatic rings. The fourth-order valence-electron chi connectivity index (χ4n) is 2.06. The number of hydrogen-bond acceptors (Lipinski definition) is 4. The average Bonchev–Trinajstić information content (AvgIpc) is 2.32. The molecule has 4 amide bonds. The van der Waals surface area contributed by atoms with Crippen LogP contribution in [0.25, 0.3) is 0 Å². The Bertz CT molecular complexity index is 371. The molecule has 1 atom stereocenters. The van der Waals surface area contributed by atoms with Gasteiger partial charge in [0.15, 0.2) is 0 Å². The standard InChI is InChI=1S/C11H17N3O4/c1-8-6-13(4-5-18-8)10(16)7-14-3-2-9(15)12-11(14)17/h8H,2-7H2,1H3,(H,12,15,17). The van der Waals surface area contributed by atoms with Gasteiger partial charge in [0.05, 0.1) is 12.7 Å². The Hall–Kier alpha value is -1.63. The summed E-state index contributed by atoms with van der Waals surface area (Å²) in [6, 6.07) is -0.485. The van der Waals surface area contributed by atoms with Gasteiger partial charge in [0.25, 0.3) is 0 Å². The molecule has 100 valence electrons. The zero-order chi connectivity index (χ0) is 13.1. The van der Waals surface area contributed by atoms with Gasteiger partial charge in [-0.3, -0.25) is 14.9 Å². The number of ether oxygens (including phenoxy) is 1. The lowest BCUT2D eigenvalue weighted by Gasteiger charge is -2.33. The van der Waals surface area contributed by atoms with Gasteiger partial charge in [-0.1, -0.05) is 0 Å². The molecular formula is C11H17N3O4. The molecule has 2 aliphatic heterocycles. The van der Waals surface area contributed by atoms with E-state index in [2.05, 4.69) is 5.32 Å². The van der Waals surface area contributed by atoms with Crippen molar-refractivity contribution in [1.82, 2.24) is 15.1 Å². The van der Waals surface area contributed by atoms with Gasteiger partial charge in [-0.05, 0) is 6.92 Å². The summed E-state index contributed by atoms with van der Waals surface area (Å²) in [6.07, 6.45) is 0.276. The number of carbonyl (C=O) groups is 3. The average molecular weight is 255 g/mol. The first-order valence-electron chi connectivity index (χ1n) is 6.04. The highest BCUT2D eigenvalue weighted by atomic mass is 16.5. The van der Waals surface area contributed by atoms with E-state index in [1.165, 1.54) is 4.90 Å². The largest absolute Gasteiger partial charge is 0.375 e. The fourth-order valence-corrected chi connectivity index (χ4v) is 2.06. The van der Waals surface area contributed by atoms with Crippen molar-refractivity contribution in [3.63, 3.8) is 0 Å². The third-order valence-corrected chi connectivity index (χ3v) is 3.06. The van der Waals surface area contributed by atoms with Crippen LogP contribution in [-0.4, -0.2) is 66.5 Å². The van der Waals surface area contributed by atoms with Crippen LogP contribution in [0.3, 0.4) is 0 Å². The lowest BCUT2D eigenvalue weighted by molar-refractivity contribution is -0.139. The highest BCUT2D eigenvalue weighted by Crippen LogP contribution is 2.07. The summed E-state index contributed by atoms with van der Waals surface area (Å²) in [5.74, 6) is -0.390. The summed E-state index contributed by atoms with van der Waals surface area (Å²) in [7, 11) is 0. The minimum Gasteiger partial charge on any atom is -0.375 e. The molecule has 7 nitrogen and oxygen atoms in total. The van der Waals surface area contributed by atoms with Crippen molar-refractivity contribution in [3.8, 4) is 0 Å². The Morgan fingerprint density at radius 1 is 1.44 bits per heavy atom. The van der Waals surface area contributed by atoms with Crippen LogP contribution < -0.4 is 5.32 Å². The second kappa shape index (κ2) is 5.34. The molecule has 0 aromatic carbocycles. The molecule has 2 rings (SSSR count). The fraction of sp³-hybridized carbons (Fsp3) is 0.727. The number of rotatable bonds is 2. The lowest BCUT2D eigenvalue weighted by Crippen LogP contribution is -2.54. The topological polar surface area (TPSA) is 79.0 Å². The van der Waals surface area contributed by atoms with Crippen molar-refractivity contribution in [2.24, 2.45) is 0 Å². The van der Waals surface area contributed by atoms with Crippen LogP contribution in [0.4, 0.5) is 4.79 Å². The van der Waals surface area contributed by atoms with E-state index in [4.69, 9.17) is 4.74 Å². The van der Waals surface area contributed by atoms with E-state index >= 15 is 0 Å². The first-order chi connectivity index (χ1) is 8.56. The Morgan fingerprint density at radius 3 is 2.89 bits per heavy atom. The van der Waals surface area contributed by atoms with Crippen LogP contribution in [0.1, 0.15) is 13.3 Å². The maximum Gasteiger partial charge on any atom is 0.324 e. The summed E-state index contributed by atoms with van der Waals surface area (Å²) in [5, 5.41) is 2.20. The van der Waals surface area contributed by atoms with Crippen LogP contribution in [-0.2, 0) is 14.3 Å². The predicted molar refractivity (Wildman–Crippen MR) is 61.7 cm³/mol. The van der Waals surface area contributed by atoms with E-state index in [0.717, 1.165) is 0 Å². The molecule has 0 bridgehead atoms. The summed E-state index contributed by atoms with van der Waals surface area (Å²) < 4.78 is 5.35. The van der Waals surface area contributed by atoms with Crippen molar-refractivity contribution < 1.29 is 19.1 Å². The number of morpholine rings is 1. The highest BCUT2D eigenvalue weighted by molar-refractivity contribution is 5.98. The Kier molecular flexibility index (Phi) is 3.81. The first kappa shape index (κ1) is 12.8. The lowest BCUT2D eigenvalue weighted by atomic mass is 10.2. The van der Waals surface area contributed by atoms with Crippen LogP contribution in [0.2, 0.25) is 0 Å². The summed E-state index contributed by atoms with van der Waals surface area (Å²) in [6.45, 7) is 3.86. The van der Waals surface area contributed by atoms with Crippen LogP contribution in [0.15, 0.2) is 0 Å². The molecule has 0 spiro atoms. The summed E-state index contributed by atoms with van der Waals surface area (Å²) >= 11 is 0. The maximum absolute atomic E-state index is 12.0. The minimum atomic E-state index is -0.485. The molecule has 2 saturated heterocycles. The van der Waals surface area contributed by atoms with E-state index in [0.29, 0.717) is 26.2 Å². The van der Waals surface area contributed by atoms with E-state index in [1.807, 2.05) is 6.92 Å². The molecule has 0 aromatic heterocycles. The van der Waals surface area contributed by atoms with Gasteiger partial charge < -0.3 is 14.5 Å². The van der Waals surface area contributed by atoms with Crippen molar-refractivity contribution in [1.29, 1.82) is 0 Å². The second-order valence-electron chi connectivity index (χ2n) is 4.55. The number of nitrogens with one attached hydrogen (secondary N) is 1. The van der Waals surface area contributed by atoms with Gasteiger partial charge in [-0.2, -0.15) is 0 Å². The second-order valence-corrected chi connectivity index (χ2v) is 4.55. The molecule has 2 heterocycles. The Morgan fingerprint density at radius 2 is 2.22 bits per heavy atom. The minimum absolute atomic E-state index is 0.0197. The molecule has 1 N–H and O–H groups in total. The van der Waals surface area contributed by atoms with E-state index in [9.17, 15) is 14.4 Å². The molecule has 7 heteroatoms. The SMILES string of the molecule is CC1CN(C(=O)CN2CCC(=O)NC2=O)CCO1. The van der Waals surface area contributed by atoms with Crippen LogP contribution in [0, 0.1) is 0 Å². The molecule has 1 unspecified atom stereocenters. The quantitative estimate of drug-likeness (QED) is 0.699. The van der Waals surface area contributed by atoms with Crippen LogP contribution >= 0.6 is 0 Å². The third kappa shape index (κ3) is 2.98. The van der Waals surface area contributed by atoms with Crippen molar-refractivity contribution in [3.05, 3.63) is 0 Å². The maximum atomic E-state index is 12.0. The van der Waals surface area contributed by atoms with Crippen molar-refractivity contribution in [2.45, 2.75) is 19.4 Å². The summed E-state index contributed by atoms with van der Waals surface area (Å²) in [5.41, 5.74) is 0. The molecule has 0 saturated carbocycles. The number of amides is 4. The van der Waals surface area contributed by atoms with Crippen molar-refractivity contribution in [2.75, 3.05) is 32.8 Å². The molecule has 18 heavy (non-hydrogen) atoms. The van der Waals surface area contributed by atoms with E-state index in [-0.39, 0.29) is 30.9 Å². The third-order valence-electron chi connectivity index (χ3n) is 3.06. The molecule has 0 aliphatic carbocycles. The normalized spacial score (nSPS) is 25.1. The zero-order valence-corrected chi connectivity index (χ0v) is 10.3.